The molecular formula is C13H8F3N5. The lowest BCUT2D eigenvalue weighted by molar-refractivity contribution is 0.584. The molecule has 0 spiro atoms. The first-order valence-corrected chi connectivity index (χ1v) is 5.85. The molecule has 3 rings (SSSR count). The Bertz CT molecular complexity index is 815. The Morgan fingerprint density at radius 3 is 2.52 bits per heavy atom. The normalized spacial score (nSPS) is 10.8. The molecule has 1 heterocycles. The van der Waals surface area contributed by atoms with E-state index in [1.807, 2.05) is 0 Å². The summed E-state index contributed by atoms with van der Waals surface area (Å²) in [5.41, 5.74) is 5.50. The second-order valence-electron chi connectivity index (χ2n) is 4.25. The van der Waals surface area contributed by atoms with Gasteiger partial charge in [-0.05, 0) is 40.8 Å². The lowest BCUT2D eigenvalue weighted by Gasteiger charge is -2.07. The Morgan fingerprint density at radius 1 is 0.952 bits per heavy atom. The molecule has 0 atom stereocenters. The molecule has 2 N–H and O–H groups in total. The molecule has 0 unspecified atom stereocenters. The molecule has 106 valence electrons. The van der Waals surface area contributed by atoms with E-state index in [-0.39, 0.29) is 22.8 Å². The molecule has 0 saturated heterocycles. The molecule has 0 amide bonds. The van der Waals surface area contributed by atoms with E-state index in [2.05, 4.69) is 15.5 Å². The molecule has 2 aromatic carbocycles. The first kappa shape index (κ1) is 13.1. The zero-order chi connectivity index (χ0) is 15.0. The zero-order valence-electron chi connectivity index (χ0n) is 10.5. The van der Waals surface area contributed by atoms with E-state index in [0.717, 1.165) is 28.9 Å². The third-order valence-corrected chi connectivity index (χ3v) is 2.84. The Balaban J connectivity index is 2.19. The van der Waals surface area contributed by atoms with Crippen LogP contribution in [0.2, 0.25) is 0 Å². The number of hydrogen-bond acceptors (Lipinski definition) is 4. The molecule has 3 aromatic rings. The van der Waals surface area contributed by atoms with Crippen LogP contribution in [0.25, 0.3) is 17.1 Å². The van der Waals surface area contributed by atoms with Gasteiger partial charge >= 0.3 is 0 Å². The molecule has 21 heavy (non-hydrogen) atoms. The van der Waals surface area contributed by atoms with Crippen LogP contribution in [0.1, 0.15) is 0 Å². The van der Waals surface area contributed by atoms with Gasteiger partial charge in [0.25, 0.3) is 0 Å². The van der Waals surface area contributed by atoms with Gasteiger partial charge in [0.2, 0.25) is 0 Å². The lowest BCUT2D eigenvalue weighted by Crippen LogP contribution is -2.04. The van der Waals surface area contributed by atoms with Gasteiger partial charge in [-0.1, -0.05) is 0 Å². The number of nitrogens with zero attached hydrogens (tertiary/aromatic N) is 4. The molecule has 0 saturated carbocycles. The van der Waals surface area contributed by atoms with E-state index in [1.165, 1.54) is 12.1 Å². The highest BCUT2D eigenvalue weighted by Crippen LogP contribution is 2.25. The molecule has 0 aliphatic heterocycles. The quantitative estimate of drug-likeness (QED) is 0.736. The van der Waals surface area contributed by atoms with E-state index in [1.54, 1.807) is 0 Å². The fourth-order valence-electron chi connectivity index (χ4n) is 1.88. The molecule has 0 aliphatic carbocycles. The van der Waals surface area contributed by atoms with E-state index >= 15 is 0 Å². The number of tetrazole rings is 1. The van der Waals surface area contributed by atoms with Crippen LogP contribution in [0.3, 0.4) is 0 Å². The maximum Gasteiger partial charge on any atom is 0.190 e. The van der Waals surface area contributed by atoms with Gasteiger partial charge in [0.1, 0.15) is 23.1 Å². The second-order valence-corrected chi connectivity index (χ2v) is 4.25. The van der Waals surface area contributed by atoms with Crippen LogP contribution < -0.4 is 5.73 Å². The molecule has 5 nitrogen and oxygen atoms in total. The van der Waals surface area contributed by atoms with Crippen LogP contribution in [0.4, 0.5) is 18.9 Å². The summed E-state index contributed by atoms with van der Waals surface area (Å²) in [5.74, 6) is -2.12. The van der Waals surface area contributed by atoms with Crippen molar-refractivity contribution in [2.75, 3.05) is 5.73 Å². The van der Waals surface area contributed by atoms with Gasteiger partial charge in [0, 0.05) is 11.8 Å². The van der Waals surface area contributed by atoms with Crippen molar-refractivity contribution in [3.05, 3.63) is 53.8 Å². The van der Waals surface area contributed by atoms with Crippen LogP contribution in [0.5, 0.6) is 0 Å². The van der Waals surface area contributed by atoms with E-state index in [0.29, 0.717) is 0 Å². The first-order valence-electron chi connectivity index (χ1n) is 5.85. The molecular weight excluding hydrogens is 283 g/mol. The van der Waals surface area contributed by atoms with Crippen LogP contribution in [-0.2, 0) is 0 Å². The standard InChI is InChI=1S/C13H8F3N5/c14-7-1-4-10(15)12(5-7)21-13(18-19-20-21)9-3-2-8(17)6-11(9)16/h1-6H,17H2. The number of rotatable bonds is 2. The number of hydrogen-bond donors (Lipinski definition) is 1. The first-order chi connectivity index (χ1) is 10.1. The zero-order valence-corrected chi connectivity index (χ0v) is 10.5. The van der Waals surface area contributed by atoms with Gasteiger partial charge in [-0.25, -0.2) is 13.2 Å². The van der Waals surface area contributed by atoms with Crippen molar-refractivity contribution in [1.82, 2.24) is 20.2 Å². The van der Waals surface area contributed by atoms with Crippen LogP contribution >= 0.6 is 0 Å². The van der Waals surface area contributed by atoms with Crippen LogP contribution in [0, 0.1) is 17.5 Å². The number of halogens is 3. The summed E-state index contributed by atoms with van der Waals surface area (Å²) in [6.45, 7) is 0. The number of nitrogen functional groups attached to an aromatic ring is 1. The molecule has 0 bridgehead atoms. The van der Waals surface area contributed by atoms with Gasteiger partial charge in [-0.15, -0.1) is 5.10 Å². The molecule has 8 heteroatoms. The summed E-state index contributed by atoms with van der Waals surface area (Å²) in [7, 11) is 0. The SMILES string of the molecule is Nc1ccc(-c2nnnn2-c2cc(F)ccc2F)c(F)c1. The van der Waals surface area contributed by atoms with Gasteiger partial charge < -0.3 is 5.73 Å². The minimum absolute atomic E-state index is 0.0258. The van der Waals surface area contributed by atoms with Gasteiger partial charge in [-0.2, -0.15) is 4.68 Å². The summed E-state index contributed by atoms with van der Waals surface area (Å²) >= 11 is 0. The third kappa shape index (κ3) is 2.31. The minimum Gasteiger partial charge on any atom is -0.399 e. The van der Waals surface area contributed by atoms with Crippen molar-refractivity contribution in [2.45, 2.75) is 0 Å². The molecule has 0 fully saturated rings. The fourth-order valence-corrected chi connectivity index (χ4v) is 1.88. The van der Waals surface area contributed by atoms with Crippen LogP contribution in [0.15, 0.2) is 36.4 Å². The van der Waals surface area contributed by atoms with Gasteiger partial charge in [0.15, 0.2) is 5.82 Å². The second kappa shape index (κ2) is 4.89. The van der Waals surface area contributed by atoms with Crippen LogP contribution in [-0.4, -0.2) is 20.2 Å². The predicted molar refractivity (Wildman–Crippen MR) is 68.9 cm³/mol. The monoisotopic (exact) mass is 291 g/mol. The van der Waals surface area contributed by atoms with E-state index in [9.17, 15) is 13.2 Å². The molecule has 0 radical (unpaired) electrons. The highest BCUT2D eigenvalue weighted by molar-refractivity contribution is 5.61. The van der Waals surface area contributed by atoms with Crippen molar-refractivity contribution in [3.8, 4) is 17.1 Å². The number of benzene rings is 2. The Hall–Kier alpha value is -2.90. The number of nitrogens with two attached hydrogens (primary N) is 1. The summed E-state index contributed by atoms with van der Waals surface area (Å²) < 4.78 is 41.9. The molecule has 1 aromatic heterocycles. The number of anilines is 1. The minimum atomic E-state index is -0.735. The Morgan fingerprint density at radius 2 is 1.76 bits per heavy atom. The maximum absolute atomic E-state index is 13.9. The number of aromatic nitrogens is 4. The summed E-state index contributed by atoms with van der Waals surface area (Å²) in [6.07, 6.45) is 0. The summed E-state index contributed by atoms with van der Waals surface area (Å²) in [5, 5.41) is 10.6. The maximum atomic E-state index is 13.9. The largest absolute Gasteiger partial charge is 0.399 e. The van der Waals surface area contributed by atoms with Crippen molar-refractivity contribution in [1.29, 1.82) is 0 Å². The lowest BCUT2D eigenvalue weighted by atomic mass is 10.1. The summed E-state index contributed by atoms with van der Waals surface area (Å²) in [4.78, 5) is 0. The van der Waals surface area contributed by atoms with Gasteiger partial charge in [-0.3, -0.25) is 0 Å². The highest BCUT2D eigenvalue weighted by Gasteiger charge is 2.17. The van der Waals surface area contributed by atoms with Gasteiger partial charge in [0.05, 0.1) is 5.56 Å². The average molecular weight is 291 g/mol. The average Bonchev–Trinajstić information content (AvgIpc) is 2.90. The highest BCUT2D eigenvalue weighted by atomic mass is 19.1. The fraction of sp³-hybridized carbons (Fsp3) is 0. The topological polar surface area (TPSA) is 69.6 Å². The Kier molecular flexibility index (Phi) is 3.05. The summed E-state index contributed by atoms with van der Waals surface area (Å²) in [6, 6.07) is 6.74. The molecule has 0 aliphatic rings. The van der Waals surface area contributed by atoms with Crippen molar-refractivity contribution in [2.24, 2.45) is 0 Å². The van der Waals surface area contributed by atoms with E-state index < -0.39 is 17.5 Å². The third-order valence-electron chi connectivity index (χ3n) is 2.84. The van der Waals surface area contributed by atoms with Crippen molar-refractivity contribution >= 4 is 5.69 Å². The Labute approximate surface area is 116 Å². The van der Waals surface area contributed by atoms with E-state index in [4.69, 9.17) is 5.73 Å². The smallest absolute Gasteiger partial charge is 0.190 e. The predicted octanol–water partition coefficient (Wildman–Crippen LogP) is 2.33. The van der Waals surface area contributed by atoms with Crippen molar-refractivity contribution in [3.63, 3.8) is 0 Å². The van der Waals surface area contributed by atoms with Crippen molar-refractivity contribution < 1.29 is 13.2 Å².